The number of allylic oxidation sites excluding steroid dienone is 1. The number of benzene rings is 3. The van der Waals surface area contributed by atoms with Crippen molar-refractivity contribution in [3.63, 3.8) is 0 Å². The van der Waals surface area contributed by atoms with Crippen LogP contribution in [0.3, 0.4) is 0 Å². The third-order valence-corrected chi connectivity index (χ3v) is 8.37. The van der Waals surface area contributed by atoms with Gasteiger partial charge < -0.3 is 13.9 Å². The molecule has 2 aromatic heterocycles. The highest BCUT2D eigenvalue weighted by molar-refractivity contribution is 7.07. The summed E-state index contributed by atoms with van der Waals surface area (Å²) in [5.74, 6) is 0.0251. The fraction of sp³-hybridized carbons (Fsp3) is 0.118. The van der Waals surface area contributed by atoms with Gasteiger partial charge in [-0.2, -0.15) is 0 Å². The van der Waals surface area contributed by atoms with Gasteiger partial charge in [-0.15, -0.1) is 0 Å². The van der Waals surface area contributed by atoms with E-state index in [0.29, 0.717) is 42.7 Å². The van der Waals surface area contributed by atoms with E-state index >= 15 is 0 Å². The Morgan fingerprint density at radius 1 is 0.977 bits per heavy atom. The molecular weight excluding hydrogens is 600 g/mol. The fourth-order valence-electron chi connectivity index (χ4n) is 4.95. The van der Waals surface area contributed by atoms with Crippen LogP contribution < -0.4 is 14.9 Å². The van der Waals surface area contributed by atoms with E-state index in [1.54, 1.807) is 55.5 Å². The second kappa shape index (κ2) is 12.3. The number of ether oxygens (including phenoxy) is 2. The number of hydrogen-bond donors (Lipinski definition) is 0. The Morgan fingerprint density at radius 3 is 2.41 bits per heavy atom. The van der Waals surface area contributed by atoms with Crippen molar-refractivity contribution in [1.29, 1.82) is 0 Å². The molecular formula is C34H25ClN2O6S. The number of nitrogens with zero attached hydrogens (tertiary/aromatic N) is 2. The maximum atomic E-state index is 14.0. The summed E-state index contributed by atoms with van der Waals surface area (Å²) in [6.07, 6.45) is 1.66. The Labute approximate surface area is 260 Å². The van der Waals surface area contributed by atoms with Crippen molar-refractivity contribution < 1.29 is 23.5 Å². The zero-order chi connectivity index (χ0) is 30.8. The highest BCUT2D eigenvalue weighted by Gasteiger charge is 2.33. The van der Waals surface area contributed by atoms with Crippen LogP contribution in [0.25, 0.3) is 17.4 Å². The first-order valence-electron chi connectivity index (χ1n) is 13.6. The minimum absolute atomic E-state index is 0.0588. The summed E-state index contributed by atoms with van der Waals surface area (Å²) in [7, 11) is 1.30. The lowest BCUT2D eigenvalue weighted by molar-refractivity contribution is -0.140. The van der Waals surface area contributed by atoms with Gasteiger partial charge in [0, 0.05) is 16.7 Å². The molecule has 0 N–H and O–H groups in total. The standard InChI is InChI=1S/C34H25ClN2O6S/c1-20-29(33(40)42-19-21-6-4-3-5-7-21)30(23-8-10-24(11-9-23)32(39)41-2)37-31(38)28(44-34(37)36-20)18-26-16-17-27(43-26)22-12-14-25(35)15-13-22/h3-18,30H,19H2,1-2H3. The number of furan rings is 1. The van der Waals surface area contributed by atoms with Crippen molar-refractivity contribution in [3.8, 4) is 11.3 Å². The molecule has 0 saturated carbocycles. The summed E-state index contributed by atoms with van der Waals surface area (Å²) in [5.41, 5.74) is 2.93. The number of fused-ring (bicyclic) bond motifs is 1. The molecule has 0 radical (unpaired) electrons. The third-order valence-electron chi connectivity index (χ3n) is 7.13. The second-order valence-electron chi connectivity index (χ2n) is 9.97. The normalized spacial score (nSPS) is 14.6. The van der Waals surface area contributed by atoms with Gasteiger partial charge in [0.1, 0.15) is 18.1 Å². The van der Waals surface area contributed by atoms with Crippen LogP contribution in [0.2, 0.25) is 5.02 Å². The van der Waals surface area contributed by atoms with Gasteiger partial charge in [-0.3, -0.25) is 9.36 Å². The zero-order valence-electron chi connectivity index (χ0n) is 23.7. The Kier molecular flexibility index (Phi) is 8.15. The van der Waals surface area contributed by atoms with Gasteiger partial charge in [-0.1, -0.05) is 65.4 Å². The highest BCUT2D eigenvalue weighted by atomic mass is 35.5. The first-order chi connectivity index (χ1) is 21.3. The number of thiazole rings is 1. The topological polar surface area (TPSA) is 100 Å². The van der Waals surface area contributed by atoms with Crippen molar-refractivity contribution in [3.05, 3.63) is 149 Å². The average Bonchev–Trinajstić information content (AvgIpc) is 3.63. The van der Waals surface area contributed by atoms with Crippen LogP contribution in [0, 0.1) is 0 Å². The predicted octanol–water partition coefficient (Wildman–Crippen LogP) is 5.68. The third kappa shape index (κ3) is 5.79. The number of aromatic nitrogens is 1. The molecule has 0 saturated heterocycles. The van der Waals surface area contributed by atoms with E-state index in [2.05, 4.69) is 4.99 Å². The molecule has 5 aromatic rings. The van der Waals surface area contributed by atoms with E-state index in [9.17, 15) is 14.4 Å². The van der Waals surface area contributed by atoms with Gasteiger partial charge in [0.15, 0.2) is 4.80 Å². The van der Waals surface area contributed by atoms with Gasteiger partial charge in [0.25, 0.3) is 5.56 Å². The molecule has 1 atom stereocenters. The Bertz CT molecular complexity index is 2070. The van der Waals surface area contributed by atoms with E-state index in [1.165, 1.54) is 23.0 Å². The summed E-state index contributed by atoms with van der Waals surface area (Å²) < 4.78 is 18.4. The van der Waals surface area contributed by atoms with E-state index in [4.69, 9.17) is 25.5 Å². The number of carbonyl (C=O) groups excluding carboxylic acids is 2. The smallest absolute Gasteiger partial charge is 0.338 e. The van der Waals surface area contributed by atoms with E-state index in [1.807, 2.05) is 48.5 Å². The molecule has 0 amide bonds. The highest BCUT2D eigenvalue weighted by Crippen LogP contribution is 2.31. The molecule has 3 heterocycles. The Balaban J connectivity index is 1.41. The van der Waals surface area contributed by atoms with Crippen LogP contribution in [0.15, 0.2) is 116 Å². The number of esters is 2. The minimum atomic E-state index is -0.843. The predicted molar refractivity (Wildman–Crippen MR) is 167 cm³/mol. The summed E-state index contributed by atoms with van der Waals surface area (Å²) in [6, 6.07) is 25.9. The van der Waals surface area contributed by atoms with Crippen LogP contribution in [0.1, 0.15) is 40.2 Å². The molecule has 10 heteroatoms. The molecule has 8 nitrogen and oxygen atoms in total. The lowest BCUT2D eigenvalue weighted by Gasteiger charge is -2.25. The Hall–Kier alpha value is -4.99. The van der Waals surface area contributed by atoms with Crippen molar-refractivity contribution in [1.82, 2.24) is 4.57 Å². The molecule has 1 unspecified atom stereocenters. The van der Waals surface area contributed by atoms with Gasteiger partial charge in [-0.05, 0) is 66.6 Å². The van der Waals surface area contributed by atoms with E-state index < -0.39 is 18.0 Å². The van der Waals surface area contributed by atoms with Crippen LogP contribution in [0.4, 0.5) is 0 Å². The molecule has 0 spiro atoms. The average molecular weight is 625 g/mol. The van der Waals surface area contributed by atoms with E-state index in [-0.39, 0.29) is 17.7 Å². The second-order valence-corrected chi connectivity index (χ2v) is 11.4. The largest absolute Gasteiger partial charge is 0.465 e. The van der Waals surface area contributed by atoms with Crippen molar-refractivity contribution in [2.75, 3.05) is 7.11 Å². The van der Waals surface area contributed by atoms with Crippen LogP contribution in [-0.2, 0) is 20.9 Å². The number of methoxy groups -OCH3 is 1. The van der Waals surface area contributed by atoms with Crippen molar-refractivity contribution in [2.24, 2.45) is 4.99 Å². The lowest BCUT2D eigenvalue weighted by Crippen LogP contribution is -2.39. The zero-order valence-corrected chi connectivity index (χ0v) is 25.2. The van der Waals surface area contributed by atoms with Crippen molar-refractivity contribution >= 4 is 41.0 Å². The van der Waals surface area contributed by atoms with Gasteiger partial charge in [0.05, 0.1) is 34.5 Å². The summed E-state index contributed by atoms with van der Waals surface area (Å²) in [5, 5.41) is 0.620. The van der Waals surface area contributed by atoms with Crippen LogP contribution in [0.5, 0.6) is 0 Å². The van der Waals surface area contributed by atoms with Gasteiger partial charge >= 0.3 is 11.9 Å². The van der Waals surface area contributed by atoms with Gasteiger partial charge in [0.2, 0.25) is 0 Å². The van der Waals surface area contributed by atoms with Crippen LogP contribution in [-0.4, -0.2) is 23.6 Å². The molecule has 44 heavy (non-hydrogen) atoms. The molecule has 0 fully saturated rings. The SMILES string of the molecule is COC(=O)c1ccc(C2C(C(=O)OCc3ccccc3)=C(C)N=c3sc(=Cc4ccc(-c5ccc(Cl)cc5)o4)c(=O)n32)cc1. The summed E-state index contributed by atoms with van der Waals surface area (Å²) in [6.45, 7) is 1.78. The lowest BCUT2D eigenvalue weighted by atomic mass is 9.95. The minimum Gasteiger partial charge on any atom is -0.465 e. The van der Waals surface area contributed by atoms with Crippen molar-refractivity contribution in [2.45, 2.75) is 19.6 Å². The monoisotopic (exact) mass is 624 g/mol. The maximum Gasteiger partial charge on any atom is 0.338 e. The van der Waals surface area contributed by atoms with Gasteiger partial charge in [-0.25, -0.2) is 14.6 Å². The molecule has 3 aromatic carbocycles. The number of carbonyl (C=O) groups is 2. The molecule has 1 aliphatic rings. The summed E-state index contributed by atoms with van der Waals surface area (Å²) in [4.78, 5) is 44.7. The first kappa shape index (κ1) is 29.1. The maximum absolute atomic E-state index is 14.0. The number of halogens is 1. The quantitative estimate of drug-likeness (QED) is 0.216. The van der Waals surface area contributed by atoms with Crippen LogP contribution >= 0.6 is 22.9 Å². The molecule has 0 aliphatic carbocycles. The number of hydrogen-bond acceptors (Lipinski definition) is 8. The molecule has 0 bridgehead atoms. The number of rotatable bonds is 7. The molecule has 1 aliphatic heterocycles. The van der Waals surface area contributed by atoms with E-state index in [0.717, 1.165) is 11.1 Å². The molecule has 220 valence electrons. The first-order valence-corrected chi connectivity index (χ1v) is 14.8. The molecule has 6 rings (SSSR count). The fourth-order valence-corrected chi connectivity index (χ4v) is 6.10. The summed E-state index contributed by atoms with van der Waals surface area (Å²) >= 11 is 7.21. The Morgan fingerprint density at radius 2 is 1.70 bits per heavy atom.